The Kier molecular flexibility index (Phi) is 2.84. The minimum atomic E-state index is 0.235. The van der Waals surface area contributed by atoms with Gasteiger partial charge in [0, 0.05) is 18.7 Å². The van der Waals surface area contributed by atoms with E-state index in [0.29, 0.717) is 6.04 Å². The molecule has 1 aromatic heterocycles. The largest absolute Gasteiger partial charge is 0.380 e. The number of hydrogen-bond acceptors (Lipinski definition) is 4. The number of rotatable bonds is 3. The highest BCUT2D eigenvalue weighted by Gasteiger charge is 2.19. The van der Waals surface area contributed by atoms with Crippen LogP contribution in [0.4, 0.5) is 0 Å². The lowest BCUT2D eigenvalue weighted by Crippen LogP contribution is -2.31. The van der Waals surface area contributed by atoms with E-state index in [9.17, 15) is 0 Å². The van der Waals surface area contributed by atoms with E-state index >= 15 is 0 Å². The summed E-state index contributed by atoms with van der Waals surface area (Å²) >= 11 is 0. The average molecular weight is 196 g/mol. The highest BCUT2D eigenvalue weighted by Crippen LogP contribution is 2.15. The Morgan fingerprint density at radius 3 is 3.07 bits per heavy atom. The smallest absolute Gasteiger partial charge is 0.133 e. The van der Waals surface area contributed by atoms with Gasteiger partial charge in [-0.15, -0.1) is 0 Å². The molecule has 0 aromatic carbocycles. The molecule has 78 valence electrons. The lowest BCUT2D eigenvalue weighted by atomic mass is 10.2. The molecule has 1 aliphatic rings. The Morgan fingerprint density at radius 1 is 1.64 bits per heavy atom. The van der Waals surface area contributed by atoms with Gasteiger partial charge >= 0.3 is 0 Å². The molecule has 4 nitrogen and oxygen atoms in total. The van der Waals surface area contributed by atoms with Gasteiger partial charge in [-0.1, -0.05) is 5.16 Å². The van der Waals surface area contributed by atoms with Crippen molar-refractivity contribution < 1.29 is 9.26 Å². The molecule has 0 radical (unpaired) electrons. The van der Waals surface area contributed by atoms with E-state index in [2.05, 4.69) is 17.4 Å². The summed E-state index contributed by atoms with van der Waals surface area (Å²) in [5, 5.41) is 7.44. The maximum atomic E-state index is 5.29. The predicted molar refractivity (Wildman–Crippen MR) is 52.0 cm³/mol. The Bertz CT molecular complexity index is 292. The molecule has 0 saturated carbocycles. The molecule has 0 amide bonds. The standard InChI is InChI=1S/C10H16N2O2/c1-7-5-10(12-14-7)8(2)11-9-3-4-13-6-9/h5,8-9,11H,3-4,6H2,1-2H3/t8-,9?/m1/s1. The monoisotopic (exact) mass is 196 g/mol. The molecular weight excluding hydrogens is 180 g/mol. The lowest BCUT2D eigenvalue weighted by Gasteiger charge is -2.15. The number of hydrogen-bond donors (Lipinski definition) is 1. The molecule has 1 N–H and O–H groups in total. The van der Waals surface area contributed by atoms with Crippen molar-refractivity contribution in [1.29, 1.82) is 0 Å². The van der Waals surface area contributed by atoms with Crippen molar-refractivity contribution in [3.05, 3.63) is 17.5 Å². The highest BCUT2D eigenvalue weighted by molar-refractivity contribution is 5.08. The third kappa shape index (κ3) is 2.13. The third-order valence-corrected chi connectivity index (χ3v) is 2.51. The number of nitrogens with zero attached hydrogens (tertiary/aromatic N) is 1. The van der Waals surface area contributed by atoms with Gasteiger partial charge in [0.2, 0.25) is 0 Å². The molecule has 0 aliphatic carbocycles. The van der Waals surface area contributed by atoms with Crippen LogP contribution >= 0.6 is 0 Å². The summed E-state index contributed by atoms with van der Waals surface area (Å²) in [6.45, 7) is 5.67. The van der Waals surface area contributed by atoms with Crippen LogP contribution in [0.1, 0.15) is 30.8 Å². The maximum Gasteiger partial charge on any atom is 0.133 e. The first-order chi connectivity index (χ1) is 6.75. The summed E-state index contributed by atoms with van der Waals surface area (Å²) in [6, 6.07) is 2.66. The summed E-state index contributed by atoms with van der Waals surface area (Å²) in [7, 11) is 0. The van der Waals surface area contributed by atoms with E-state index in [1.165, 1.54) is 0 Å². The topological polar surface area (TPSA) is 47.3 Å². The van der Waals surface area contributed by atoms with Gasteiger partial charge in [0.15, 0.2) is 0 Å². The zero-order valence-corrected chi connectivity index (χ0v) is 8.62. The van der Waals surface area contributed by atoms with E-state index < -0.39 is 0 Å². The van der Waals surface area contributed by atoms with Crippen LogP contribution in [-0.2, 0) is 4.74 Å². The van der Waals surface area contributed by atoms with Crippen molar-refractivity contribution in [3.8, 4) is 0 Å². The molecule has 1 aliphatic heterocycles. The molecule has 2 atom stereocenters. The van der Waals surface area contributed by atoms with Crippen molar-refractivity contribution >= 4 is 0 Å². The SMILES string of the molecule is Cc1cc([C@@H](C)NC2CCOC2)no1. The average Bonchev–Trinajstić information content (AvgIpc) is 2.75. The van der Waals surface area contributed by atoms with Crippen LogP contribution in [0.15, 0.2) is 10.6 Å². The van der Waals surface area contributed by atoms with Gasteiger partial charge in [-0.2, -0.15) is 0 Å². The summed E-state index contributed by atoms with van der Waals surface area (Å²) in [4.78, 5) is 0. The second kappa shape index (κ2) is 4.11. The zero-order valence-electron chi connectivity index (χ0n) is 8.62. The van der Waals surface area contributed by atoms with Gasteiger partial charge in [-0.3, -0.25) is 0 Å². The predicted octanol–water partition coefficient (Wildman–Crippen LogP) is 1.42. The molecule has 4 heteroatoms. The first kappa shape index (κ1) is 9.68. The molecule has 1 aromatic rings. The van der Waals surface area contributed by atoms with E-state index in [1.54, 1.807) is 0 Å². The van der Waals surface area contributed by atoms with Crippen LogP contribution in [0.2, 0.25) is 0 Å². The lowest BCUT2D eigenvalue weighted by molar-refractivity contribution is 0.188. The Morgan fingerprint density at radius 2 is 2.50 bits per heavy atom. The number of aromatic nitrogens is 1. The third-order valence-electron chi connectivity index (χ3n) is 2.51. The van der Waals surface area contributed by atoms with Gasteiger partial charge in [0.05, 0.1) is 12.6 Å². The van der Waals surface area contributed by atoms with Crippen molar-refractivity contribution in [2.24, 2.45) is 0 Å². The van der Waals surface area contributed by atoms with Crippen molar-refractivity contribution in [2.45, 2.75) is 32.4 Å². The van der Waals surface area contributed by atoms with E-state index in [1.807, 2.05) is 13.0 Å². The number of ether oxygens (including phenoxy) is 1. The van der Waals surface area contributed by atoms with E-state index in [4.69, 9.17) is 9.26 Å². The van der Waals surface area contributed by atoms with Gasteiger partial charge in [0.1, 0.15) is 11.5 Å². The first-order valence-electron chi connectivity index (χ1n) is 5.02. The molecule has 1 saturated heterocycles. The van der Waals surface area contributed by atoms with Crippen LogP contribution in [0.3, 0.4) is 0 Å². The summed E-state index contributed by atoms with van der Waals surface area (Å²) in [6.07, 6.45) is 1.08. The summed E-state index contributed by atoms with van der Waals surface area (Å²) < 4.78 is 10.3. The second-order valence-electron chi connectivity index (χ2n) is 3.81. The Balaban J connectivity index is 1.91. The van der Waals surface area contributed by atoms with Crippen molar-refractivity contribution in [1.82, 2.24) is 10.5 Å². The fourth-order valence-electron chi connectivity index (χ4n) is 1.69. The molecule has 2 heterocycles. The first-order valence-corrected chi connectivity index (χ1v) is 5.02. The highest BCUT2D eigenvalue weighted by atomic mass is 16.5. The van der Waals surface area contributed by atoms with E-state index in [0.717, 1.165) is 31.1 Å². The summed E-state index contributed by atoms with van der Waals surface area (Å²) in [5.74, 6) is 0.858. The van der Waals surface area contributed by atoms with Gasteiger partial charge in [-0.25, -0.2) is 0 Å². The van der Waals surface area contributed by atoms with Crippen LogP contribution in [0.5, 0.6) is 0 Å². The molecule has 1 unspecified atom stereocenters. The molecule has 2 rings (SSSR count). The van der Waals surface area contributed by atoms with Crippen molar-refractivity contribution in [3.63, 3.8) is 0 Å². The minimum absolute atomic E-state index is 0.235. The maximum absolute atomic E-state index is 5.29. The van der Waals surface area contributed by atoms with Crippen LogP contribution in [0, 0.1) is 6.92 Å². The van der Waals surface area contributed by atoms with Crippen LogP contribution in [0.25, 0.3) is 0 Å². The van der Waals surface area contributed by atoms with Crippen molar-refractivity contribution in [2.75, 3.05) is 13.2 Å². The molecular formula is C10H16N2O2. The Labute approximate surface area is 83.6 Å². The van der Waals surface area contributed by atoms with Gasteiger partial charge < -0.3 is 14.6 Å². The van der Waals surface area contributed by atoms with Crippen LogP contribution in [-0.4, -0.2) is 24.4 Å². The minimum Gasteiger partial charge on any atom is -0.380 e. The van der Waals surface area contributed by atoms with E-state index in [-0.39, 0.29) is 6.04 Å². The Hall–Kier alpha value is -0.870. The quantitative estimate of drug-likeness (QED) is 0.794. The molecule has 14 heavy (non-hydrogen) atoms. The number of aryl methyl sites for hydroxylation is 1. The van der Waals surface area contributed by atoms with Gasteiger partial charge in [0.25, 0.3) is 0 Å². The molecule has 0 bridgehead atoms. The zero-order chi connectivity index (χ0) is 9.97. The molecule has 1 fully saturated rings. The number of nitrogens with one attached hydrogen (secondary N) is 1. The van der Waals surface area contributed by atoms with Crippen LogP contribution < -0.4 is 5.32 Å². The summed E-state index contributed by atoms with van der Waals surface area (Å²) in [5.41, 5.74) is 0.967. The molecule has 0 spiro atoms. The fourth-order valence-corrected chi connectivity index (χ4v) is 1.69. The fraction of sp³-hybridized carbons (Fsp3) is 0.700. The normalized spacial score (nSPS) is 24.0. The second-order valence-corrected chi connectivity index (χ2v) is 3.81. The van der Waals surface area contributed by atoms with Gasteiger partial charge in [-0.05, 0) is 20.3 Å².